The number of aryl methyl sites for hydroxylation is 2. The Hall–Kier alpha value is -5.26. The van der Waals surface area contributed by atoms with Gasteiger partial charge in [0.05, 0.1) is 11.3 Å². The quantitative estimate of drug-likeness (QED) is 0.168. The highest BCUT2D eigenvalue weighted by molar-refractivity contribution is 6.27. The van der Waals surface area contributed by atoms with Crippen LogP contribution in [0, 0.1) is 0 Å². The minimum Gasteiger partial charge on any atom is -0.315 e. The van der Waals surface area contributed by atoms with E-state index >= 15 is 0 Å². The molecule has 236 valence electrons. The zero-order valence-electron chi connectivity index (χ0n) is 25.8. The van der Waals surface area contributed by atoms with E-state index in [0.717, 1.165) is 41.8 Å². The molecule has 0 saturated carbocycles. The number of carbonyl (C=O) groups is 4. The van der Waals surface area contributed by atoms with Crippen molar-refractivity contribution in [2.24, 2.45) is 0 Å². The van der Waals surface area contributed by atoms with E-state index in [-0.39, 0.29) is 30.2 Å². The number of aromatic nitrogens is 3. The third kappa shape index (κ3) is 4.81. The predicted molar refractivity (Wildman–Crippen MR) is 176 cm³/mol. The lowest BCUT2D eigenvalue weighted by molar-refractivity contribution is 0.0597. The van der Waals surface area contributed by atoms with Gasteiger partial charge < -0.3 is 10.6 Å². The second kappa shape index (κ2) is 11.8. The molecule has 0 spiro atoms. The third-order valence-corrected chi connectivity index (χ3v) is 9.53. The number of amides is 4. The van der Waals surface area contributed by atoms with E-state index in [2.05, 4.69) is 20.7 Å². The van der Waals surface area contributed by atoms with Gasteiger partial charge in [0, 0.05) is 53.6 Å². The summed E-state index contributed by atoms with van der Waals surface area (Å²) in [6, 6.07) is 17.1. The Morgan fingerprint density at radius 1 is 0.638 bits per heavy atom. The van der Waals surface area contributed by atoms with Crippen molar-refractivity contribution < 1.29 is 19.2 Å². The normalized spacial score (nSPS) is 15.4. The Balaban J connectivity index is 0.830. The minimum absolute atomic E-state index is 0.225. The van der Waals surface area contributed by atoms with Gasteiger partial charge in [0.1, 0.15) is 12.7 Å². The molecule has 8 rings (SSSR count). The van der Waals surface area contributed by atoms with Gasteiger partial charge in [-0.25, -0.2) is 9.67 Å². The van der Waals surface area contributed by atoms with Gasteiger partial charge in [0.2, 0.25) is 0 Å². The van der Waals surface area contributed by atoms with E-state index < -0.39 is 0 Å². The van der Waals surface area contributed by atoms with Crippen LogP contribution in [0.25, 0.3) is 27.2 Å². The van der Waals surface area contributed by atoms with Crippen LogP contribution in [0.4, 0.5) is 0 Å². The molecule has 11 nitrogen and oxygen atoms in total. The Bertz CT molecular complexity index is 2050. The fraction of sp³-hybridized carbons (Fsp3) is 0.278. The van der Waals surface area contributed by atoms with Gasteiger partial charge in [0.25, 0.3) is 23.6 Å². The van der Waals surface area contributed by atoms with E-state index in [1.807, 2.05) is 48.5 Å². The summed E-state index contributed by atoms with van der Waals surface area (Å²) in [6.45, 7) is 2.80. The number of hydrogen-bond acceptors (Lipinski definition) is 8. The zero-order chi connectivity index (χ0) is 32.1. The number of nitrogens with zero attached hydrogens (tertiary/aromatic N) is 5. The van der Waals surface area contributed by atoms with Crippen molar-refractivity contribution in [3.63, 3.8) is 0 Å². The van der Waals surface area contributed by atoms with Gasteiger partial charge in [-0.1, -0.05) is 30.3 Å². The van der Waals surface area contributed by atoms with Crippen molar-refractivity contribution in [1.82, 2.24) is 35.2 Å². The van der Waals surface area contributed by atoms with Gasteiger partial charge >= 0.3 is 0 Å². The van der Waals surface area contributed by atoms with E-state index in [1.165, 1.54) is 33.6 Å². The molecule has 0 unspecified atom stereocenters. The van der Waals surface area contributed by atoms with Gasteiger partial charge in [-0.05, 0) is 84.9 Å². The molecule has 1 aromatic heterocycles. The van der Waals surface area contributed by atoms with E-state index in [9.17, 15) is 19.2 Å². The Morgan fingerprint density at radius 2 is 1.28 bits per heavy atom. The smallest absolute Gasteiger partial charge is 0.263 e. The largest absolute Gasteiger partial charge is 0.315 e. The lowest BCUT2D eigenvalue weighted by Gasteiger charge is -2.29. The zero-order valence-corrected chi connectivity index (χ0v) is 25.8. The molecule has 0 radical (unpaired) electrons. The first-order valence-electron chi connectivity index (χ1n) is 16.1. The van der Waals surface area contributed by atoms with Crippen LogP contribution < -0.4 is 10.6 Å². The highest BCUT2D eigenvalue weighted by atomic mass is 16.2. The molecule has 2 aliphatic heterocycles. The van der Waals surface area contributed by atoms with Crippen LogP contribution in [0.1, 0.15) is 65.4 Å². The number of imide groups is 2. The second-order valence-electron chi connectivity index (χ2n) is 12.2. The average molecular weight is 628 g/mol. The van der Waals surface area contributed by atoms with Crippen molar-refractivity contribution in [3.05, 3.63) is 101 Å². The number of carbonyl (C=O) groups excluding carboxylic acids is 4. The lowest BCUT2D eigenvalue weighted by Crippen LogP contribution is -2.44. The minimum atomic E-state index is -0.349. The maximum atomic E-state index is 13.7. The van der Waals surface area contributed by atoms with Crippen LogP contribution in [0.5, 0.6) is 0 Å². The molecular weight excluding hydrogens is 594 g/mol. The van der Waals surface area contributed by atoms with Crippen LogP contribution in [0.15, 0.2) is 67.3 Å². The van der Waals surface area contributed by atoms with E-state index in [4.69, 9.17) is 0 Å². The molecule has 11 heteroatoms. The Morgan fingerprint density at radius 3 is 1.91 bits per heavy atom. The van der Waals surface area contributed by atoms with Crippen LogP contribution in [-0.4, -0.2) is 87.5 Å². The fourth-order valence-corrected chi connectivity index (χ4v) is 7.30. The number of nitrogens with one attached hydrogen (secondary N) is 2. The third-order valence-electron chi connectivity index (χ3n) is 9.53. The lowest BCUT2D eigenvalue weighted by atomic mass is 9.83. The van der Waals surface area contributed by atoms with Gasteiger partial charge in [0.15, 0.2) is 0 Å². The highest BCUT2D eigenvalue weighted by Gasteiger charge is 2.36. The topological polar surface area (TPSA) is 130 Å². The molecule has 3 heterocycles. The summed E-state index contributed by atoms with van der Waals surface area (Å²) >= 11 is 0. The molecule has 0 saturated heterocycles. The number of hydrogen-bond donors (Lipinski definition) is 2. The summed E-state index contributed by atoms with van der Waals surface area (Å²) in [6.07, 6.45) is 6.78. The summed E-state index contributed by atoms with van der Waals surface area (Å²) in [5.41, 5.74) is 5.22. The molecule has 0 fully saturated rings. The van der Waals surface area contributed by atoms with Crippen LogP contribution in [0.2, 0.25) is 0 Å². The molecule has 0 bridgehead atoms. The highest BCUT2D eigenvalue weighted by Crippen LogP contribution is 2.38. The van der Waals surface area contributed by atoms with E-state index in [0.29, 0.717) is 66.1 Å². The summed E-state index contributed by atoms with van der Waals surface area (Å²) < 4.78 is 1.55. The molecule has 1 aliphatic carbocycles. The van der Waals surface area contributed by atoms with Crippen LogP contribution >= 0.6 is 0 Å². The van der Waals surface area contributed by atoms with Crippen molar-refractivity contribution in [2.45, 2.75) is 25.7 Å². The first-order valence-corrected chi connectivity index (χ1v) is 16.1. The van der Waals surface area contributed by atoms with Crippen molar-refractivity contribution >= 4 is 45.2 Å². The summed E-state index contributed by atoms with van der Waals surface area (Å²) in [5.74, 6) is -1.11. The van der Waals surface area contributed by atoms with E-state index in [1.54, 1.807) is 10.7 Å². The second-order valence-corrected chi connectivity index (χ2v) is 12.2. The number of rotatable bonds is 11. The summed E-state index contributed by atoms with van der Waals surface area (Å²) in [5, 5.41) is 14.3. The first-order chi connectivity index (χ1) is 23.0. The molecule has 4 aromatic carbocycles. The Kier molecular flexibility index (Phi) is 7.34. The van der Waals surface area contributed by atoms with Gasteiger partial charge in [-0.2, -0.15) is 5.10 Å². The maximum absolute atomic E-state index is 13.7. The standard InChI is InChI=1S/C36H33N7O4/c44-33-25-7-2-6-24-10-13-28(43-21-39-20-40-43)32(30(24)25)36(47)42(33)19-17-38-15-3-14-37-16-18-41-34(45)26-11-8-22-4-1-5-23-9-12-27(35(41)46)31(26)29(22)23/h2,6-13,20-21,37-38H,1,3-5,14-19H2. The predicted octanol–water partition coefficient (Wildman–Crippen LogP) is 3.52. The molecule has 3 aliphatic rings. The van der Waals surface area contributed by atoms with Gasteiger partial charge in [-0.3, -0.25) is 29.0 Å². The van der Waals surface area contributed by atoms with Crippen LogP contribution in [0.3, 0.4) is 0 Å². The molecule has 2 N–H and O–H groups in total. The SMILES string of the molecule is O=C1c2cccc3ccc(-n4cncn4)c(c23)C(=O)N1CCNCCCNCCN1C(=O)c2ccc3c4c(ccc(c24)C1=O)CCC3. The van der Waals surface area contributed by atoms with Crippen molar-refractivity contribution in [2.75, 3.05) is 39.3 Å². The first kappa shape index (κ1) is 29.2. The summed E-state index contributed by atoms with van der Waals surface area (Å²) in [7, 11) is 0. The molecular formula is C36H33N7O4. The van der Waals surface area contributed by atoms with Gasteiger partial charge in [-0.15, -0.1) is 0 Å². The van der Waals surface area contributed by atoms with Crippen molar-refractivity contribution in [3.8, 4) is 5.69 Å². The average Bonchev–Trinajstić information content (AvgIpc) is 3.64. The molecule has 0 atom stereocenters. The summed E-state index contributed by atoms with van der Waals surface area (Å²) in [4.78, 5) is 60.4. The molecule has 4 amide bonds. The molecule has 47 heavy (non-hydrogen) atoms. The van der Waals surface area contributed by atoms with Crippen molar-refractivity contribution in [1.29, 1.82) is 0 Å². The Labute approximate surface area is 270 Å². The fourth-order valence-electron chi connectivity index (χ4n) is 7.30. The number of benzene rings is 4. The molecule has 5 aromatic rings. The monoisotopic (exact) mass is 627 g/mol. The van der Waals surface area contributed by atoms with Crippen LogP contribution in [-0.2, 0) is 12.8 Å². The maximum Gasteiger partial charge on any atom is 0.263 e.